The normalized spacial score (nSPS) is 24.2. The molecule has 3 atom stereocenters. The molecular formula is C13H24N2O2. The Morgan fingerprint density at radius 3 is 2.53 bits per heavy atom. The van der Waals surface area contributed by atoms with E-state index in [1.54, 1.807) is 0 Å². The van der Waals surface area contributed by atoms with E-state index in [9.17, 15) is 9.59 Å². The van der Waals surface area contributed by atoms with Crippen molar-refractivity contribution in [3.63, 3.8) is 0 Å². The van der Waals surface area contributed by atoms with Gasteiger partial charge in [0.25, 0.3) is 0 Å². The summed E-state index contributed by atoms with van der Waals surface area (Å²) in [5, 5.41) is 3.29. The van der Waals surface area contributed by atoms with Crippen molar-refractivity contribution in [1.82, 2.24) is 10.2 Å². The molecule has 1 rings (SSSR count). The van der Waals surface area contributed by atoms with Gasteiger partial charge in [0, 0.05) is 12.6 Å². The number of carbonyl (C=O) groups excluding carboxylic acids is 2. The molecule has 17 heavy (non-hydrogen) atoms. The van der Waals surface area contributed by atoms with Crippen LogP contribution in [0.4, 0.5) is 0 Å². The molecule has 1 saturated heterocycles. The van der Waals surface area contributed by atoms with Crippen LogP contribution in [0, 0.1) is 5.92 Å². The van der Waals surface area contributed by atoms with Gasteiger partial charge in [0.15, 0.2) is 0 Å². The van der Waals surface area contributed by atoms with Gasteiger partial charge in [-0.1, -0.05) is 27.2 Å². The van der Waals surface area contributed by atoms with E-state index in [-0.39, 0.29) is 23.9 Å². The Morgan fingerprint density at radius 2 is 2.00 bits per heavy atom. The molecule has 0 aromatic rings. The maximum Gasteiger partial charge on any atom is 0.246 e. The van der Waals surface area contributed by atoms with E-state index in [4.69, 9.17) is 0 Å². The first-order valence-corrected chi connectivity index (χ1v) is 6.61. The molecule has 0 radical (unpaired) electrons. The molecule has 1 N–H and O–H groups in total. The number of carbonyl (C=O) groups is 2. The van der Waals surface area contributed by atoms with Crippen LogP contribution in [0.1, 0.15) is 47.0 Å². The molecular weight excluding hydrogens is 216 g/mol. The lowest BCUT2D eigenvalue weighted by Gasteiger charge is -2.23. The average molecular weight is 240 g/mol. The zero-order valence-electron chi connectivity index (χ0n) is 11.3. The van der Waals surface area contributed by atoms with Gasteiger partial charge in [-0.25, -0.2) is 0 Å². The molecule has 2 amide bonds. The summed E-state index contributed by atoms with van der Waals surface area (Å²) in [6.07, 6.45) is 2.21. The van der Waals surface area contributed by atoms with Gasteiger partial charge >= 0.3 is 0 Å². The molecule has 3 unspecified atom stereocenters. The maximum atomic E-state index is 12.0. The van der Waals surface area contributed by atoms with Crippen molar-refractivity contribution in [3.8, 4) is 0 Å². The van der Waals surface area contributed by atoms with Gasteiger partial charge in [0.1, 0.15) is 0 Å². The average Bonchev–Trinajstić information content (AvgIpc) is 2.56. The zero-order chi connectivity index (χ0) is 13.0. The van der Waals surface area contributed by atoms with E-state index in [0.717, 1.165) is 12.8 Å². The van der Waals surface area contributed by atoms with Crippen LogP contribution in [0.15, 0.2) is 0 Å². The Balaban J connectivity index is 2.57. The van der Waals surface area contributed by atoms with Gasteiger partial charge in [0.2, 0.25) is 11.8 Å². The second-order valence-electron chi connectivity index (χ2n) is 4.98. The molecule has 0 aromatic heterocycles. The third-order valence-electron chi connectivity index (χ3n) is 3.65. The Kier molecular flexibility index (Phi) is 5.12. The van der Waals surface area contributed by atoms with Gasteiger partial charge in [0.05, 0.1) is 12.5 Å². The molecule has 0 aliphatic carbocycles. The van der Waals surface area contributed by atoms with E-state index >= 15 is 0 Å². The molecule has 0 bridgehead atoms. The molecule has 0 spiro atoms. The largest absolute Gasteiger partial charge is 0.303 e. The lowest BCUT2D eigenvalue weighted by Crippen LogP contribution is -2.45. The molecule has 1 aliphatic heterocycles. The fourth-order valence-corrected chi connectivity index (χ4v) is 2.11. The topological polar surface area (TPSA) is 49.4 Å². The number of rotatable bonds is 6. The Bertz CT molecular complexity index is 291. The number of hydrogen-bond acceptors (Lipinski definition) is 3. The highest BCUT2D eigenvalue weighted by molar-refractivity contribution is 6.05. The minimum atomic E-state index is -0.307. The third-order valence-corrected chi connectivity index (χ3v) is 3.65. The van der Waals surface area contributed by atoms with E-state index in [2.05, 4.69) is 26.1 Å². The van der Waals surface area contributed by atoms with Crippen LogP contribution >= 0.6 is 0 Å². The van der Waals surface area contributed by atoms with E-state index in [0.29, 0.717) is 18.9 Å². The SMILES string of the molecule is CCCN1C(=O)CC(NC(C)C(C)CC)C1=O. The van der Waals surface area contributed by atoms with Crippen molar-refractivity contribution in [2.24, 2.45) is 5.92 Å². The summed E-state index contributed by atoms with van der Waals surface area (Å²) in [5.74, 6) is 0.427. The zero-order valence-corrected chi connectivity index (χ0v) is 11.3. The van der Waals surface area contributed by atoms with Crippen molar-refractivity contribution >= 4 is 11.8 Å². The van der Waals surface area contributed by atoms with E-state index in [1.807, 2.05) is 6.92 Å². The van der Waals surface area contributed by atoms with Crippen LogP contribution in [0.2, 0.25) is 0 Å². The lowest BCUT2D eigenvalue weighted by atomic mass is 10.00. The van der Waals surface area contributed by atoms with Crippen molar-refractivity contribution in [2.45, 2.75) is 59.0 Å². The Labute approximate surface area is 104 Å². The second-order valence-corrected chi connectivity index (χ2v) is 4.98. The summed E-state index contributed by atoms with van der Waals surface area (Å²) in [6.45, 7) is 8.89. The van der Waals surface area contributed by atoms with Crippen LogP contribution in [0.3, 0.4) is 0 Å². The minimum absolute atomic E-state index is 0.0364. The van der Waals surface area contributed by atoms with Crippen molar-refractivity contribution in [3.05, 3.63) is 0 Å². The molecule has 0 saturated carbocycles. The highest BCUT2D eigenvalue weighted by atomic mass is 16.2. The number of likely N-dealkylation sites (tertiary alicyclic amines) is 1. The van der Waals surface area contributed by atoms with E-state index in [1.165, 1.54) is 4.90 Å². The highest BCUT2D eigenvalue weighted by Gasteiger charge is 2.38. The van der Waals surface area contributed by atoms with Crippen molar-refractivity contribution in [1.29, 1.82) is 0 Å². The van der Waals surface area contributed by atoms with Crippen LogP contribution < -0.4 is 5.32 Å². The number of nitrogens with one attached hydrogen (secondary N) is 1. The molecule has 4 nitrogen and oxygen atoms in total. The molecule has 0 aromatic carbocycles. The standard InChI is InChI=1S/C13H24N2O2/c1-5-7-15-12(16)8-11(13(15)17)14-10(4)9(3)6-2/h9-11,14H,5-8H2,1-4H3. The van der Waals surface area contributed by atoms with Gasteiger partial charge in [-0.2, -0.15) is 0 Å². The van der Waals surface area contributed by atoms with Crippen LogP contribution in [0.5, 0.6) is 0 Å². The van der Waals surface area contributed by atoms with Crippen molar-refractivity contribution < 1.29 is 9.59 Å². The fraction of sp³-hybridized carbons (Fsp3) is 0.846. The van der Waals surface area contributed by atoms with Crippen LogP contribution in [-0.2, 0) is 9.59 Å². The summed E-state index contributed by atoms with van der Waals surface area (Å²) in [7, 11) is 0. The molecule has 1 fully saturated rings. The van der Waals surface area contributed by atoms with Gasteiger partial charge in [-0.15, -0.1) is 0 Å². The summed E-state index contributed by atoms with van der Waals surface area (Å²) in [4.78, 5) is 25.1. The Hall–Kier alpha value is -0.900. The molecule has 98 valence electrons. The van der Waals surface area contributed by atoms with Crippen LogP contribution in [0.25, 0.3) is 0 Å². The first-order valence-electron chi connectivity index (χ1n) is 6.61. The quantitative estimate of drug-likeness (QED) is 0.717. The number of imide groups is 1. The monoisotopic (exact) mass is 240 g/mol. The van der Waals surface area contributed by atoms with E-state index < -0.39 is 0 Å². The Morgan fingerprint density at radius 1 is 1.35 bits per heavy atom. The highest BCUT2D eigenvalue weighted by Crippen LogP contribution is 2.16. The summed E-state index contributed by atoms with van der Waals surface area (Å²) in [5.41, 5.74) is 0. The minimum Gasteiger partial charge on any atom is -0.303 e. The molecule has 1 heterocycles. The van der Waals surface area contributed by atoms with Crippen LogP contribution in [-0.4, -0.2) is 35.3 Å². The second kappa shape index (κ2) is 6.15. The molecule has 1 aliphatic rings. The summed E-state index contributed by atoms with van der Waals surface area (Å²) < 4.78 is 0. The first-order chi connectivity index (χ1) is 8.01. The summed E-state index contributed by atoms with van der Waals surface area (Å²) >= 11 is 0. The molecule has 4 heteroatoms. The summed E-state index contributed by atoms with van der Waals surface area (Å²) in [6, 6.07) is -0.0404. The van der Waals surface area contributed by atoms with Gasteiger partial charge in [-0.05, 0) is 19.3 Å². The number of hydrogen-bond donors (Lipinski definition) is 1. The fourth-order valence-electron chi connectivity index (χ4n) is 2.11. The van der Waals surface area contributed by atoms with Gasteiger partial charge in [-0.3, -0.25) is 14.5 Å². The predicted octanol–water partition coefficient (Wildman–Crippen LogP) is 1.55. The predicted molar refractivity (Wildman–Crippen MR) is 67.5 cm³/mol. The lowest BCUT2D eigenvalue weighted by molar-refractivity contribution is -0.138. The third kappa shape index (κ3) is 3.28. The maximum absolute atomic E-state index is 12.0. The number of amides is 2. The number of nitrogens with zero attached hydrogens (tertiary/aromatic N) is 1. The first kappa shape index (κ1) is 14.2. The smallest absolute Gasteiger partial charge is 0.246 e. The van der Waals surface area contributed by atoms with Gasteiger partial charge < -0.3 is 5.32 Å². The van der Waals surface area contributed by atoms with Crippen molar-refractivity contribution in [2.75, 3.05) is 6.54 Å².